The van der Waals surface area contributed by atoms with E-state index in [1.54, 1.807) is 20.0 Å². The second-order valence-electron chi connectivity index (χ2n) is 7.44. The molecule has 1 amide bonds. The van der Waals surface area contributed by atoms with Gasteiger partial charge in [0.05, 0.1) is 18.9 Å². The number of fused-ring (bicyclic) bond motifs is 1. The van der Waals surface area contributed by atoms with Gasteiger partial charge >= 0.3 is 11.9 Å². The van der Waals surface area contributed by atoms with Gasteiger partial charge in [-0.15, -0.1) is 0 Å². The molecule has 1 heterocycles. The van der Waals surface area contributed by atoms with Crippen LogP contribution in [-0.4, -0.2) is 59.6 Å². The fourth-order valence-electron chi connectivity index (χ4n) is 3.08. The van der Waals surface area contributed by atoms with Gasteiger partial charge in [0.2, 0.25) is 0 Å². The summed E-state index contributed by atoms with van der Waals surface area (Å²) < 4.78 is 10.4. The molecule has 2 rings (SSSR count). The monoisotopic (exact) mass is 444 g/mol. The summed E-state index contributed by atoms with van der Waals surface area (Å²) >= 11 is 0. The molecule has 0 aliphatic heterocycles. The van der Waals surface area contributed by atoms with Crippen LogP contribution in [0.5, 0.6) is 0 Å². The zero-order chi connectivity index (χ0) is 23.7. The average Bonchev–Trinajstić information content (AvgIpc) is 3.17. The number of carbonyl (C=O) groups excluding carboxylic acids is 4. The summed E-state index contributed by atoms with van der Waals surface area (Å²) in [5.74, 6) is -2.70. The van der Waals surface area contributed by atoms with Crippen LogP contribution >= 0.6 is 0 Å². The van der Waals surface area contributed by atoms with Gasteiger partial charge in [0.15, 0.2) is 11.9 Å². The number of aromatic amines is 1. The van der Waals surface area contributed by atoms with E-state index in [0.717, 1.165) is 16.5 Å². The topological polar surface area (TPSA) is 164 Å². The summed E-state index contributed by atoms with van der Waals surface area (Å²) in [6.45, 7) is 2.90. The second-order valence-corrected chi connectivity index (χ2v) is 7.44. The highest BCUT2D eigenvalue weighted by Crippen LogP contribution is 2.20. The zero-order valence-corrected chi connectivity index (χ0v) is 18.1. The highest BCUT2D eigenvalue weighted by atomic mass is 16.6. The van der Waals surface area contributed by atoms with E-state index in [1.807, 2.05) is 24.3 Å². The lowest BCUT2D eigenvalue weighted by Crippen LogP contribution is -2.49. The van der Waals surface area contributed by atoms with Gasteiger partial charge in [0, 0.05) is 29.9 Å². The van der Waals surface area contributed by atoms with Crippen LogP contribution in [0.25, 0.3) is 10.9 Å². The molecule has 0 aliphatic carbocycles. The number of nitrogens with one attached hydrogen (secondary N) is 3. The van der Waals surface area contributed by atoms with Crippen molar-refractivity contribution in [2.45, 2.75) is 51.4 Å². The van der Waals surface area contributed by atoms with Crippen molar-refractivity contribution in [3.63, 3.8) is 0 Å². The number of amides is 1. The maximum Gasteiger partial charge on any atom is 0.328 e. The minimum absolute atomic E-state index is 0.0486. The van der Waals surface area contributed by atoms with E-state index < -0.39 is 48.4 Å². The third-order valence-electron chi connectivity index (χ3n) is 4.61. The van der Waals surface area contributed by atoms with Crippen molar-refractivity contribution < 1.29 is 28.7 Å². The first-order valence-electron chi connectivity index (χ1n) is 10.2. The Labute approximate surface area is 185 Å². The predicted octanol–water partition coefficient (Wildman–Crippen LogP) is 1.02. The number of ether oxygens (including phenoxy) is 2. The number of esters is 2. The van der Waals surface area contributed by atoms with E-state index in [9.17, 15) is 19.2 Å². The Bertz CT molecular complexity index is 984. The number of rotatable bonds is 12. The molecule has 5 N–H and O–H groups in total. The summed E-state index contributed by atoms with van der Waals surface area (Å²) in [6, 6.07) is 6.31. The first-order valence-corrected chi connectivity index (χ1v) is 10.2. The number of benzene rings is 1. The molecule has 0 aliphatic rings. The van der Waals surface area contributed by atoms with Gasteiger partial charge in [0.25, 0.3) is 5.91 Å². The number of para-hydroxylation sites is 1. The van der Waals surface area contributed by atoms with Crippen molar-refractivity contribution in [3.8, 4) is 0 Å². The van der Waals surface area contributed by atoms with E-state index in [2.05, 4.69) is 10.3 Å². The number of aromatic nitrogens is 1. The van der Waals surface area contributed by atoms with Crippen LogP contribution in [0.2, 0.25) is 0 Å². The first-order chi connectivity index (χ1) is 15.2. The van der Waals surface area contributed by atoms with Gasteiger partial charge in [0.1, 0.15) is 6.04 Å². The van der Waals surface area contributed by atoms with Crippen molar-refractivity contribution in [3.05, 3.63) is 36.0 Å². The molecule has 0 saturated carbocycles. The molecule has 1 aromatic carbocycles. The highest BCUT2D eigenvalue weighted by Gasteiger charge is 2.30. The smallest absolute Gasteiger partial charge is 0.328 e. The normalized spacial score (nSPS) is 12.8. The molecule has 0 radical (unpaired) electrons. The third-order valence-corrected chi connectivity index (χ3v) is 4.61. The molecule has 32 heavy (non-hydrogen) atoms. The van der Waals surface area contributed by atoms with Crippen LogP contribution in [0.1, 0.15) is 32.3 Å². The number of Topliss-reactive ketones (excluding diaryl/α,β-unsaturated/α-hetero) is 1. The van der Waals surface area contributed by atoms with Crippen LogP contribution in [0.3, 0.4) is 0 Å². The van der Waals surface area contributed by atoms with Crippen molar-refractivity contribution in [2.24, 2.45) is 5.73 Å². The molecule has 172 valence electrons. The Morgan fingerprint density at radius 1 is 1.19 bits per heavy atom. The van der Waals surface area contributed by atoms with E-state index >= 15 is 0 Å². The molecule has 1 unspecified atom stereocenters. The van der Waals surface area contributed by atoms with Crippen LogP contribution < -0.4 is 11.1 Å². The van der Waals surface area contributed by atoms with E-state index in [1.165, 1.54) is 0 Å². The van der Waals surface area contributed by atoms with Gasteiger partial charge < -0.3 is 30.9 Å². The van der Waals surface area contributed by atoms with Crippen molar-refractivity contribution in [1.82, 2.24) is 10.3 Å². The number of ketones is 1. The fourth-order valence-corrected chi connectivity index (χ4v) is 3.08. The minimum Gasteiger partial charge on any atom is -0.461 e. The maximum absolute atomic E-state index is 13.0. The first kappa shape index (κ1) is 24.7. The standard InChI is InChI=1S/C22H28N4O6/c1-13(2)31-22(30)18(8-7-15(27)10-23)26-21(29)19(32-20(28)11-24)9-14-12-25-17-6-4-3-5-16(14)17/h3-6,10,12-13,18-19,23,25H,7-9,11,24H2,1-2H3,(H,26,29)/t18-,19?/m0/s1. The van der Waals surface area contributed by atoms with Crippen LogP contribution in [0.15, 0.2) is 30.5 Å². The van der Waals surface area contributed by atoms with Gasteiger partial charge in [-0.3, -0.25) is 14.4 Å². The molecular formula is C22H28N4O6. The Balaban J connectivity index is 2.22. The lowest BCUT2D eigenvalue weighted by Gasteiger charge is -2.22. The summed E-state index contributed by atoms with van der Waals surface area (Å²) in [7, 11) is 0. The number of H-pyrrole nitrogens is 1. The van der Waals surface area contributed by atoms with Gasteiger partial charge in [-0.2, -0.15) is 0 Å². The van der Waals surface area contributed by atoms with Crippen LogP contribution in [0.4, 0.5) is 0 Å². The molecule has 2 atom stereocenters. The lowest BCUT2D eigenvalue weighted by atomic mass is 10.0. The van der Waals surface area contributed by atoms with Crippen molar-refractivity contribution >= 4 is 40.7 Å². The Hall–Kier alpha value is -3.53. The lowest BCUT2D eigenvalue weighted by molar-refractivity contribution is -0.157. The second kappa shape index (κ2) is 11.8. The Morgan fingerprint density at radius 2 is 1.91 bits per heavy atom. The molecule has 0 saturated heterocycles. The number of hydrogen-bond acceptors (Lipinski definition) is 8. The van der Waals surface area contributed by atoms with E-state index in [-0.39, 0.29) is 19.3 Å². The SMILES string of the molecule is CC(C)OC(=O)[C@H](CCC(=O)C=N)NC(=O)C(Cc1c[nH]c2ccccc12)OC(=O)CN. The summed E-state index contributed by atoms with van der Waals surface area (Å²) in [5.41, 5.74) is 6.94. The summed E-state index contributed by atoms with van der Waals surface area (Å²) in [6.07, 6.45) is 0.542. The highest BCUT2D eigenvalue weighted by molar-refractivity contribution is 6.26. The van der Waals surface area contributed by atoms with Crippen LogP contribution in [0, 0.1) is 5.41 Å². The average molecular weight is 444 g/mol. The van der Waals surface area contributed by atoms with E-state index in [0.29, 0.717) is 6.21 Å². The number of hydrogen-bond donors (Lipinski definition) is 4. The van der Waals surface area contributed by atoms with Crippen molar-refractivity contribution in [2.75, 3.05) is 6.54 Å². The number of nitrogens with two attached hydrogens (primary N) is 1. The van der Waals surface area contributed by atoms with Crippen molar-refractivity contribution in [1.29, 1.82) is 5.41 Å². The summed E-state index contributed by atoms with van der Waals surface area (Å²) in [4.78, 5) is 51.9. The van der Waals surface area contributed by atoms with E-state index in [4.69, 9.17) is 20.6 Å². The fraction of sp³-hybridized carbons (Fsp3) is 0.409. The maximum atomic E-state index is 13.0. The molecule has 1 aromatic heterocycles. The molecule has 0 bridgehead atoms. The molecular weight excluding hydrogens is 416 g/mol. The van der Waals surface area contributed by atoms with Gasteiger partial charge in [-0.25, -0.2) is 4.79 Å². The molecule has 10 nitrogen and oxygen atoms in total. The predicted molar refractivity (Wildman–Crippen MR) is 117 cm³/mol. The molecule has 0 fully saturated rings. The molecule has 10 heteroatoms. The summed E-state index contributed by atoms with van der Waals surface area (Å²) in [5, 5.41) is 10.4. The zero-order valence-electron chi connectivity index (χ0n) is 18.1. The van der Waals surface area contributed by atoms with Gasteiger partial charge in [-0.05, 0) is 31.9 Å². The Kier molecular flexibility index (Phi) is 9.08. The van der Waals surface area contributed by atoms with Gasteiger partial charge in [-0.1, -0.05) is 18.2 Å². The van der Waals surface area contributed by atoms with Crippen LogP contribution in [-0.2, 0) is 35.1 Å². The minimum atomic E-state index is -1.25. The third kappa shape index (κ3) is 7.02. The number of carbonyl (C=O) groups is 4. The Morgan fingerprint density at radius 3 is 2.56 bits per heavy atom. The molecule has 0 spiro atoms. The molecule has 2 aromatic rings. The largest absolute Gasteiger partial charge is 0.461 e. The quantitative estimate of drug-likeness (QED) is 0.280.